The van der Waals surface area contributed by atoms with Gasteiger partial charge in [0.1, 0.15) is 11.5 Å². The lowest BCUT2D eigenvalue weighted by Crippen LogP contribution is -2.33. The van der Waals surface area contributed by atoms with Crippen molar-refractivity contribution in [1.29, 1.82) is 0 Å². The number of hydrogen-bond donors (Lipinski definition) is 0. The molecule has 57 heavy (non-hydrogen) atoms. The number of aromatic nitrogens is 2. The van der Waals surface area contributed by atoms with Gasteiger partial charge in [0.05, 0.1) is 16.8 Å². The third kappa shape index (κ3) is 4.84. The first-order valence-corrected chi connectivity index (χ1v) is 20.4. The monoisotopic (exact) mass is 746 g/mol. The zero-order valence-corrected chi connectivity index (χ0v) is 31.8. The normalized spacial score (nSPS) is 16.4. The van der Waals surface area contributed by atoms with E-state index in [1.165, 1.54) is 53.6 Å². The molecule has 3 aliphatic rings. The van der Waals surface area contributed by atoms with Gasteiger partial charge in [0.25, 0.3) is 0 Å². The topological polar surface area (TPSA) is 35.0 Å². The summed E-state index contributed by atoms with van der Waals surface area (Å²) in [6.45, 7) is 0. The van der Waals surface area contributed by atoms with Gasteiger partial charge in [-0.05, 0) is 76.6 Å². The van der Waals surface area contributed by atoms with Gasteiger partial charge >= 0.3 is 0 Å². The van der Waals surface area contributed by atoms with E-state index in [1.54, 1.807) is 0 Å². The summed E-state index contributed by atoms with van der Waals surface area (Å²) in [4.78, 5) is 10.5. The van der Waals surface area contributed by atoms with Crippen LogP contribution in [0, 0.1) is 0 Å². The summed E-state index contributed by atoms with van der Waals surface area (Å²) < 4.78 is 9.46. The summed E-state index contributed by atoms with van der Waals surface area (Å²) in [6, 6.07) is 60.9. The third-order valence-corrected chi connectivity index (χ3v) is 13.2. The summed E-state index contributed by atoms with van der Waals surface area (Å²) in [5.41, 5.74) is 14.5. The van der Waals surface area contributed by atoms with Gasteiger partial charge in [-0.15, -0.1) is 11.3 Å². The Hall–Kier alpha value is -6.88. The first-order chi connectivity index (χ1) is 28.2. The standard InChI is InChI=1S/C53H34N2OS/c1-2-14-33(15-3-1)52-54-46(35-26-28-41-40-20-8-13-25-50(40)57-51(41)31-35)32-47(55-52)39-19-5-4-16-36(39)34-27-29-45-49(30-34)56-48-24-12-11-23-44(48)53(45)42-21-9-6-17-37(42)38-18-7-10-22-43(38)53/h1-9,11-21,23-32H,10,22H2. The Bertz CT molecular complexity index is 3170. The quantitative estimate of drug-likeness (QED) is 0.180. The highest BCUT2D eigenvalue weighted by atomic mass is 32.1. The summed E-state index contributed by atoms with van der Waals surface area (Å²) >= 11 is 1.83. The number of nitrogens with zero attached hydrogens (tertiary/aromatic N) is 2. The minimum atomic E-state index is -0.416. The molecular weight excluding hydrogens is 713 g/mol. The van der Waals surface area contributed by atoms with Gasteiger partial charge in [0.15, 0.2) is 5.82 Å². The largest absolute Gasteiger partial charge is 0.457 e. The molecule has 4 heteroatoms. The van der Waals surface area contributed by atoms with Gasteiger partial charge in [-0.2, -0.15) is 0 Å². The van der Waals surface area contributed by atoms with Gasteiger partial charge in [0, 0.05) is 48.0 Å². The predicted molar refractivity (Wildman–Crippen MR) is 235 cm³/mol. The molecule has 9 aromatic rings. The van der Waals surface area contributed by atoms with Crippen molar-refractivity contribution in [1.82, 2.24) is 9.97 Å². The van der Waals surface area contributed by atoms with Crippen LogP contribution in [-0.4, -0.2) is 9.97 Å². The highest BCUT2D eigenvalue weighted by Gasteiger charge is 2.52. The third-order valence-electron chi connectivity index (χ3n) is 12.1. The van der Waals surface area contributed by atoms with Crippen LogP contribution in [0.4, 0.5) is 0 Å². The highest BCUT2D eigenvalue weighted by molar-refractivity contribution is 7.25. The molecule has 0 saturated heterocycles. The molecule has 0 fully saturated rings. The second kappa shape index (κ2) is 12.6. The molecule has 2 aromatic heterocycles. The average Bonchev–Trinajstić information content (AvgIpc) is 3.80. The van der Waals surface area contributed by atoms with Crippen molar-refractivity contribution < 1.29 is 4.74 Å². The van der Waals surface area contributed by atoms with Crippen molar-refractivity contribution in [2.45, 2.75) is 18.3 Å². The van der Waals surface area contributed by atoms with Crippen molar-refractivity contribution in [2.24, 2.45) is 0 Å². The Morgan fingerprint density at radius 3 is 2.11 bits per heavy atom. The van der Waals surface area contributed by atoms with Crippen LogP contribution in [0.2, 0.25) is 0 Å². The van der Waals surface area contributed by atoms with E-state index >= 15 is 0 Å². The Labute approximate surface area is 334 Å². The number of benzene rings is 7. The highest BCUT2D eigenvalue weighted by Crippen LogP contribution is 2.63. The van der Waals surface area contributed by atoms with Crippen LogP contribution < -0.4 is 4.74 Å². The summed E-state index contributed by atoms with van der Waals surface area (Å²) in [6.07, 6.45) is 6.71. The number of para-hydroxylation sites is 1. The second-order valence-corrected chi connectivity index (χ2v) is 16.2. The zero-order chi connectivity index (χ0) is 37.5. The predicted octanol–water partition coefficient (Wildman–Crippen LogP) is 14.1. The lowest BCUT2D eigenvalue weighted by Gasteiger charge is -2.41. The zero-order valence-electron chi connectivity index (χ0n) is 30.9. The van der Waals surface area contributed by atoms with Crippen molar-refractivity contribution in [3.8, 4) is 56.5 Å². The van der Waals surface area contributed by atoms with E-state index in [-0.39, 0.29) is 0 Å². The van der Waals surface area contributed by atoms with E-state index in [4.69, 9.17) is 14.7 Å². The number of rotatable bonds is 4. The van der Waals surface area contributed by atoms with Crippen LogP contribution in [0.3, 0.4) is 0 Å². The van der Waals surface area contributed by atoms with Gasteiger partial charge < -0.3 is 4.74 Å². The molecule has 3 heterocycles. The first kappa shape index (κ1) is 32.4. The molecule has 3 nitrogen and oxygen atoms in total. The smallest absolute Gasteiger partial charge is 0.160 e. The van der Waals surface area contributed by atoms with Crippen LogP contribution in [-0.2, 0) is 5.41 Å². The van der Waals surface area contributed by atoms with Crippen molar-refractivity contribution in [3.63, 3.8) is 0 Å². The first-order valence-electron chi connectivity index (χ1n) is 19.6. The lowest BCUT2D eigenvalue weighted by atomic mass is 9.64. The van der Waals surface area contributed by atoms with E-state index in [2.05, 4.69) is 164 Å². The van der Waals surface area contributed by atoms with Gasteiger partial charge in [0.2, 0.25) is 0 Å². The molecule has 0 bridgehead atoms. The average molecular weight is 747 g/mol. The van der Waals surface area contributed by atoms with Crippen molar-refractivity contribution in [3.05, 3.63) is 210 Å². The van der Waals surface area contributed by atoms with Gasteiger partial charge in [-0.1, -0.05) is 152 Å². The van der Waals surface area contributed by atoms with Crippen LogP contribution in [0.25, 0.3) is 70.8 Å². The molecule has 7 aromatic carbocycles. The molecule has 0 N–H and O–H groups in total. The van der Waals surface area contributed by atoms with Crippen LogP contribution in [0.1, 0.15) is 35.1 Å². The molecule has 2 aliphatic carbocycles. The Morgan fingerprint density at radius 2 is 1.19 bits per heavy atom. The maximum Gasteiger partial charge on any atom is 0.160 e. The minimum absolute atomic E-state index is 0.416. The number of hydrogen-bond acceptors (Lipinski definition) is 4. The molecular formula is C53H34N2OS. The number of fused-ring (bicyclic) bond motifs is 11. The molecule has 1 unspecified atom stereocenters. The van der Waals surface area contributed by atoms with Crippen LogP contribution >= 0.6 is 11.3 Å². The molecule has 1 atom stereocenters. The SMILES string of the molecule is C1=CC2=C(CC1)C1(c3ccccc3Oc3cc(-c4ccccc4-c4cc(-c5ccc6c(c5)sc5ccccc56)nc(-c5ccccc5)n4)ccc31)c1ccccc12. The van der Waals surface area contributed by atoms with E-state index in [1.807, 2.05) is 29.5 Å². The molecule has 12 rings (SSSR count). The van der Waals surface area contributed by atoms with Crippen LogP contribution in [0.5, 0.6) is 11.5 Å². The van der Waals surface area contributed by atoms with Gasteiger partial charge in [-0.3, -0.25) is 0 Å². The molecule has 1 spiro atoms. The molecule has 0 amide bonds. The Morgan fingerprint density at radius 1 is 0.491 bits per heavy atom. The number of thiophene rings is 1. The maximum atomic E-state index is 6.91. The fourth-order valence-electron chi connectivity index (χ4n) is 9.63. The fourth-order valence-corrected chi connectivity index (χ4v) is 10.8. The van der Waals surface area contributed by atoms with E-state index in [0.29, 0.717) is 5.82 Å². The maximum absolute atomic E-state index is 6.91. The van der Waals surface area contributed by atoms with Crippen molar-refractivity contribution >= 4 is 37.1 Å². The molecule has 268 valence electrons. The summed E-state index contributed by atoms with van der Waals surface area (Å²) in [7, 11) is 0. The van der Waals surface area contributed by atoms with Crippen LogP contribution in [0.15, 0.2) is 188 Å². The lowest BCUT2D eigenvalue weighted by molar-refractivity contribution is 0.432. The van der Waals surface area contributed by atoms with E-state index in [0.717, 1.165) is 63.5 Å². The Balaban J connectivity index is 1.03. The molecule has 0 radical (unpaired) electrons. The fraction of sp³-hybridized carbons (Fsp3) is 0.0566. The minimum Gasteiger partial charge on any atom is -0.457 e. The van der Waals surface area contributed by atoms with Gasteiger partial charge in [-0.25, -0.2) is 9.97 Å². The molecule has 1 aliphatic heterocycles. The van der Waals surface area contributed by atoms with E-state index < -0.39 is 5.41 Å². The summed E-state index contributed by atoms with van der Waals surface area (Å²) in [5, 5.41) is 2.56. The van der Waals surface area contributed by atoms with E-state index in [9.17, 15) is 0 Å². The van der Waals surface area contributed by atoms with Crippen molar-refractivity contribution in [2.75, 3.05) is 0 Å². The molecule has 0 saturated carbocycles. The number of allylic oxidation sites excluding steroid dienone is 4. The number of ether oxygens (including phenoxy) is 1. The second-order valence-electron chi connectivity index (χ2n) is 15.1. The summed E-state index contributed by atoms with van der Waals surface area (Å²) in [5.74, 6) is 2.51. The Kier molecular flexibility index (Phi) is 7.14.